The highest BCUT2D eigenvalue weighted by Crippen LogP contribution is 2.22. The van der Waals surface area contributed by atoms with Gasteiger partial charge in [-0.2, -0.15) is 0 Å². The SMILES string of the molecule is CCCn1c(=N)n(CC(=O)c2cc(-c3ccc(Cl)cc3)no2)c2ccccc21. The van der Waals surface area contributed by atoms with Crippen LogP contribution < -0.4 is 5.62 Å². The van der Waals surface area contributed by atoms with E-state index in [1.807, 2.05) is 41.0 Å². The second-order valence-electron chi connectivity index (χ2n) is 6.56. The average molecular weight is 395 g/mol. The minimum Gasteiger partial charge on any atom is -0.352 e. The Hall–Kier alpha value is -3.12. The first kappa shape index (κ1) is 18.3. The topological polar surface area (TPSA) is 76.8 Å². The number of para-hydroxylation sites is 2. The molecule has 7 heteroatoms. The number of fused-ring (bicyclic) bond motifs is 1. The fourth-order valence-electron chi connectivity index (χ4n) is 3.29. The van der Waals surface area contributed by atoms with Crippen molar-refractivity contribution in [3.63, 3.8) is 0 Å². The van der Waals surface area contributed by atoms with Gasteiger partial charge in [0.05, 0.1) is 17.6 Å². The molecular weight excluding hydrogens is 376 g/mol. The molecule has 0 aliphatic carbocycles. The molecule has 4 aromatic rings. The van der Waals surface area contributed by atoms with Gasteiger partial charge in [0.1, 0.15) is 5.69 Å². The molecule has 0 spiro atoms. The average Bonchev–Trinajstić information content (AvgIpc) is 3.29. The van der Waals surface area contributed by atoms with Crippen molar-refractivity contribution in [1.29, 1.82) is 5.41 Å². The molecule has 4 rings (SSSR count). The van der Waals surface area contributed by atoms with E-state index in [1.165, 1.54) is 0 Å². The maximum atomic E-state index is 12.8. The van der Waals surface area contributed by atoms with Gasteiger partial charge in [0, 0.05) is 23.2 Å². The highest BCUT2D eigenvalue weighted by atomic mass is 35.5. The van der Waals surface area contributed by atoms with E-state index in [0.717, 1.165) is 29.6 Å². The normalized spacial score (nSPS) is 11.2. The summed E-state index contributed by atoms with van der Waals surface area (Å²) in [6.07, 6.45) is 0.908. The molecule has 0 fully saturated rings. The first-order valence-corrected chi connectivity index (χ1v) is 9.44. The molecule has 0 aliphatic heterocycles. The number of nitrogens with zero attached hydrogens (tertiary/aromatic N) is 3. The Bertz CT molecular complexity index is 1200. The van der Waals surface area contributed by atoms with Gasteiger partial charge in [-0.15, -0.1) is 0 Å². The van der Waals surface area contributed by atoms with Gasteiger partial charge in [-0.05, 0) is 30.7 Å². The predicted octanol–water partition coefficient (Wildman–Crippen LogP) is 4.52. The molecule has 142 valence electrons. The molecule has 6 nitrogen and oxygen atoms in total. The van der Waals surface area contributed by atoms with Crippen molar-refractivity contribution in [3.8, 4) is 11.3 Å². The molecule has 0 atom stereocenters. The van der Waals surface area contributed by atoms with Crippen molar-refractivity contribution in [2.75, 3.05) is 0 Å². The number of rotatable bonds is 6. The molecule has 0 amide bonds. The Balaban J connectivity index is 1.65. The van der Waals surface area contributed by atoms with E-state index in [9.17, 15) is 4.79 Å². The number of aryl methyl sites for hydroxylation is 1. The molecule has 0 saturated carbocycles. The van der Waals surface area contributed by atoms with E-state index in [1.54, 1.807) is 22.8 Å². The zero-order chi connectivity index (χ0) is 19.7. The molecular formula is C21H19ClN4O2. The summed E-state index contributed by atoms with van der Waals surface area (Å²) in [6, 6.07) is 16.5. The van der Waals surface area contributed by atoms with Crippen LogP contribution in [-0.2, 0) is 13.1 Å². The molecule has 0 bridgehead atoms. The maximum Gasteiger partial charge on any atom is 0.220 e. The minimum absolute atomic E-state index is 0.0192. The molecule has 2 heterocycles. The molecule has 0 radical (unpaired) electrons. The number of halogens is 1. The number of carbonyl (C=O) groups is 1. The van der Waals surface area contributed by atoms with Crippen LogP contribution in [0.1, 0.15) is 23.9 Å². The van der Waals surface area contributed by atoms with Crippen LogP contribution in [0.25, 0.3) is 22.3 Å². The molecule has 28 heavy (non-hydrogen) atoms. The summed E-state index contributed by atoms with van der Waals surface area (Å²) >= 11 is 5.91. The fourth-order valence-corrected chi connectivity index (χ4v) is 3.42. The van der Waals surface area contributed by atoms with Crippen LogP contribution in [-0.4, -0.2) is 20.1 Å². The largest absolute Gasteiger partial charge is 0.352 e. The number of imidazole rings is 1. The highest BCUT2D eigenvalue weighted by molar-refractivity contribution is 6.30. The van der Waals surface area contributed by atoms with Crippen molar-refractivity contribution in [2.24, 2.45) is 0 Å². The van der Waals surface area contributed by atoms with Crippen LogP contribution in [0, 0.1) is 5.41 Å². The maximum absolute atomic E-state index is 12.8. The van der Waals surface area contributed by atoms with E-state index in [4.69, 9.17) is 21.5 Å². The number of benzene rings is 2. The van der Waals surface area contributed by atoms with Crippen LogP contribution >= 0.6 is 11.6 Å². The zero-order valence-corrected chi connectivity index (χ0v) is 16.1. The summed E-state index contributed by atoms with van der Waals surface area (Å²) in [6.45, 7) is 2.81. The molecule has 2 aromatic heterocycles. The quantitative estimate of drug-likeness (QED) is 0.488. The van der Waals surface area contributed by atoms with Gasteiger partial charge < -0.3 is 13.7 Å². The van der Waals surface area contributed by atoms with Crippen LogP contribution in [0.2, 0.25) is 5.02 Å². The van der Waals surface area contributed by atoms with Crippen LogP contribution in [0.4, 0.5) is 0 Å². The Labute approximate surface area is 166 Å². The second-order valence-corrected chi connectivity index (χ2v) is 6.99. The summed E-state index contributed by atoms with van der Waals surface area (Å²) in [5.41, 5.74) is 3.49. The standard InChI is InChI=1S/C21H19ClN4O2/c1-2-11-25-17-5-3-4-6-18(17)26(21(25)23)13-19(27)20-12-16(24-28-20)14-7-9-15(22)10-8-14/h3-10,12,23H,2,11,13H2,1H3. The molecule has 0 saturated heterocycles. The third-order valence-corrected chi connectivity index (χ3v) is 4.90. The van der Waals surface area contributed by atoms with Crippen molar-refractivity contribution >= 4 is 28.4 Å². The summed E-state index contributed by atoms with van der Waals surface area (Å²) in [5.74, 6) is -0.0604. The Morgan fingerprint density at radius 2 is 1.79 bits per heavy atom. The number of hydrogen-bond acceptors (Lipinski definition) is 4. The summed E-state index contributed by atoms with van der Waals surface area (Å²) in [4.78, 5) is 12.8. The molecule has 2 aromatic carbocycles. The van der Waals surface area contributed by atoms with Crippen molar-refractivity contribution in [2.45, 2.75) is 26.4 Å². The summed E-state index contributed by atoms with van der Waals surface area (Å²) < 4.78 is 8.90. The smallest absolute Gasteiger partial charge is 0.220 e. The van der Waals surface area contributed by atoms with Crippen molar-refractivity contribution in [1.82, 2.24) is 14.3 Å². The molecule has 0 aliphatic rings. The lowest BCUT2D eigenvalue weighted by Gasteiger charge is -2.02. The van der Waals surface area contributed by atoms with Gasteiger partial charge in [-0.3, -0.25) is 10.2 Å². The molecule has 1 N–H and O–H groups in total. The first-order chi connectivity index (χ1) is 13.6. The van der Waals surface area contributed by atoms with Gasteiger partial charge in [0.25, 0.3) is 0 Å². The Morgan fingerprint density at radius 3 is 2.46 bits per heavy atom. The van der Waals surface area contributed by atoms with Crippen LogP contribution in [0.15, 0.2) is 59.1 Å². The van der Waals surface area contributed by atoms with Gasteiger partial charge >= 0.3 is 0 Å². The Morgan fingerprint density at radius 1 is 1.11 bits per heavy atom. The van der Waals surface area contributed by atoms with Gasteiger partial charge in [0.15, 0.2) is 0 Å². The van der Waals surface area contributed by atoms with Crippen LogP contribution in [0.5, 0.6) is 0 Å². The lowest BCUT2D eigenvalue weighted by molar-refractivity contribution is 0.0935. The number of Topliss-reactive ketones (excluding diaryl/α,β-unsaturated/α-hetero) is 1. The van der Waals surface area contributed by atoms with Crippen molar-refractivity contribution in [3.05, 3.63) is 71.0 Å². The summed E-state index contributed by atoms with van der Waals surface area (Å²) in [5, 5.41) is 13.1. The lowest BCUT2D eigenvalue weighted by atomic mass is 10.1. The predicted molar refractivity (Wildman–Crippen MR) is 107 cm³/mol. The third kappa shape index (κ3) is 3.27. The number of hydrogen-bond donors (Lipinski definition) is 1. The summed E-state index contributed by atoms with van der Waals surface area (Å²) in [7, 11) is 0. The third-order valence-electron chi connectivity index (χ3n) is 4.65. The van der Waals surface area contributed by atoms with Crippen LogP contribution in [0.3, 0.4) is 0 Å². The zero-order valence-electron chi connectivity index (χ0n) is 15.4. The highest BCUT2D eigenvalue weighted by Gasteiger charge is 2.18. The fraction of sp³-hybridized carbons (Fsp3) is 0.190. The lowest BCUT2D eigenvalue weighted by Crippen LogP contribution is -2.27. The van der Waals surface area contributed by atoms with E-state index in [-0.39, 0.29) is 18.1 Å². The second kappa shape index (κ2) is 7.48. The van der Waals surface area contributed by atoms with E-state index >= 15 is 0 Å². The first-order valence-electron chi connectivity index (χ1n) is 9.07. The number of aromatic nitrogens is 3. The number of carbonyl (C=O) groups excluding carboxylic acids is 1. The monoisotopic (exact) mass is 394 g/mol. The van der Waals surface area contributed by atoms with E-state index in [0.29, 0.717) is 16.3 Å². The van der Waals surface area contributed by atoms with Crippen molar-refractivity contribution < 1.29 is 9.32 Å². The minimum atomic E-state index is -0.231. The Kier molecular flexibility index (Phi) is 4.88. The molecule has 0 unspecified atom stereocenters. The number of ketones is 1. The number of nitrogens with one attached hydrogen (secondary N) is 1. The van der Waals surface area contributed by atoms with E-state index in [2.05, 4.69) is 12.1 Å². The van der Waals surface area contributed by atoms with Gasteiger partial charge in [-0.25, -0.2) is 0 Å². The van der Waals surface area contributed by atoms with Gasteiger partial charge in [0.2, 0.25) is 17.2 Å². The van der Waals surface area contributed by atoms with E-state index < -0.39 is 0 Å². The van der Waals surface area contributed by atoms with Gasteiger partial charge in [-0.1, -0.05) is 47.9 Å².